The molecule has 3 heteroatoms. The predicted octanol–water partition coefficient (Wildman–Crippen LogP) is 14.6. The van der Waals surface area contributed by atoms with E-state index >= 15 is 0 Å². The molecule has 3 unspecified atom stereocenters. The van der Waals surface area contributed by atoms with Gasteiger partial charge in [-0.3, -0.25) is 0 Å². The fourth-order valence-corrected chi connectivity index (χ4v) is 14.8. The van der Waals surface area contributed by atoms with E-state index in [0.717, 1.165) is 17.8 Å². The van der Waals surface area contributed by atoms with Gasteiger partial charge >= 0.3 is 0 Å². The highest BCUT2D eigenvalue weighted by Gasteiger charge is 2.58. The van der Waals surface area contributed by atoms with Crippen molar-refractivity contribution in [1.29, 1.82) is 0 Å². The summed E-state index contributed by atoms with van der Waals surface area (Å²) < 4.78 is 2.54. The summed E-state index contributed by atoms with van der Waals surface area (Å²) in [5.74, 6) is 2.73. The Hall–Kier alpha value is -6.03. The first-order chi connectivity index (χ1) is 29.2. The maximum absolute atomic E-state index is 2.56. The lowest BCUT2D eigenvalue weighted by atomic mass is 9.62. The van der Waals surface area contributed by atoms with Crippen molar-refractivity contribution in [3.63, 3.8) is 0 Å². The smallest absolute Gasteiger partial charge is 0.0765 e. The first-order valence-electron chi connectivity index (χ1n) is 21.6. The van der Waals surface area contributed by atoms with E-state index in [1.54, 1.807) is 5.56 Å². The second-order valence-corrected chi connectivity index (χ2v) is 19.2. The SMILES string of the molecule is c1ccc2c(c1)Sc1c(N(c3ccc(C45CC6CC(CC4C6)C5)cc3)c3ccc4ccccc4c3)cccc1C21c2ccccc2-n2c3ccccc3c3cccc1c32. The molecule has 4 aliphatic carbocycles. The number of nitrogens with zero attached hydrogens (tertiary/aromatic N) is 2. The highest BCUT2D eigenvalue weighted by Crippen LogP contribution is 2.66. The summed E-state index contributed by atoms with van der Waals surface area (Å²) in [7, 11) is 0. The van der Waals surface area contributed by atoms with Crippen LogP contribution in [-0.2, 0) is 10.8 Å². The molecule has 4 saturated carbocycles. The molecule has 2 aliphatic heterocycles. The van der Waals surface area contributed by atoms with Gasteiger partial charge in [0.05, 0.1) is 27.8 Å². The zero-order valence-corrected chi connectivity index (χ0v) is 33.6. The van der Waals surface area contributed by atoms with E-state index in [1.165, 1.54) is 119 Å². The van der Waals surface area contributed by atoms with Crippen LogP contribution in [0.25, 0.3) is 38.3 Å². The molecule has 0 N–H and O–H groups in total. The second-order valence-electron chi connectivity index (χ2n) is 18.2. The summed E-state index contributed by atoms with van der Waals surface area (Å²) in [6.07, 6.45) is 7.12. The lowest BCUT2D eigenvalue weighted by Gasteiger charge is -2.46. The summed E-state index contributed by atoms with van der Waals surface area (Å²) in [5.41, 5.74) is 14.2. The molecule has 3 heterocycles. The molecule has 4 bridgehead atoms. The van der Waals surface area contributed by atoms with Crippen molar-refractivity contribution in [1.82, 2.24) is 4.57 Å². The van der Waals surface area contributed by atoms with Crippen molar-refractivity contribution < 1.29 is 0 Å². The van der Waals surface area contributed by atoms with E-state index in [0.29, 0.717) is 5.41 Å². The van der Waals surface area contributed by atoms with Crippen LogP contribution in [0, 0.1) is 17.8 Å². The third kappa shape index (κ3) is 4.24. The minimum Gasteiger partial charge on any atom is -0.309 e. The number of fused-ring (bicyclic) bond motifs is 12. The van der Waals surface area contributed by atoms with Gasteiger partial charge in [0, 0.05) is 31.9 Å². The number of rotatable bonds is 4. The second kappa shape index (κ2) is 11.8. The van der Waals surface area contributed by atoms with Crippen LogP contribution < -0.4 is 4.90 Å². The van der Waals surface area contributed by atoms with Crippen LogP contribution in [0.15, 0.2) is 186 Å². The molecule has 282 valence electrons. The number of para-hydroxylation sites is 3. The van der Waals surface area contributed by atoms with E-state index in [4.69, 9.17) is 0 Å². The van der Waals surface area contributed by atoms with E-state index < -0.39 is 5.41 Å². The molecule has 0 amide bonds. The molecule has 4 fully saturated rings. The van der Waals surface area contributed by atoms with Gasteiger partial charge in [-0.05, 0) is 142 Å². The van der Waals surface area contributed by atoms with Crippen LogP contribution in [0.5, 0.6) is 0 Å². The van der Waals surface area contributed by atoms with Gasteiger partial charge in [0.15, 0.2) is 0 Å². The topological polar surface area (TPSA) is 8.17 Å². The van der Waals surface area contributed by atoms with Crippen LogP contribution in [0.1, 0.15) is 59.9 Å². The van der Waals surface area contributed by atoms with Crippen LogP contribution in [-0.4, -0.2) is 4.57 Å². The molecule has 8 aromatic carbocycles. The van der Waals surface area contributed by atoms with E-state index in [-0.39, 0.29) is 0 Å². The van der Waals surface area contributed by atoms with Crippen LogP contribution in [0.3, 0.4) is 0 Å². The van der Waals surface area contributed by atoms with Gasteiger partial charge in [-0.25, -0.2) is 0 Å². The monoisotopic (exact) mass is 774 g/mol. The Morgan fingerprint density at radius 1 is 0.525 bits per heavy atom. The maximum Gasteiger partial charge on any atom is 0.0765 e. The van der Waals surface area contributed by atoms with Crippen molar-refractivity contribution >= 4 is 61.4 Å². The Bertz CT molecular complexity index is 3210. The molecular weight excluding hydrogens is 733 g/mol. The van der Waals surface area contributed by atoms with Gasteiger partial charge in [0.2, 0.25) is 0 Å². The largest absolute Gasteiger partial charge is 0.309 e. The number of hydrogen-bond acceptors (Lipinski definition) is 2. The van der Waals surface area contributed by atoms with Gasteiger partial charge in [-0.2, -0.15) is 0 Å². The maximum atomic E-state index is 2.56. The molecule has 1 aromatic heterocycles. The van der Waals surface area contributed by atoms with Gasteiger partial charge in [-0.1, -0.05) is 139 Å². The predicted molar refractivity (Wildman–Crippen MR) is 244 cm³/mol. The fraction of sp³-hybridized carbons (Fsp3) is 0.179. The standard InChI is InChI=1S/C56H42N2S/c1-2-12-38-32-42(26-23-37(38)11-1)57(41-27-24-39(25-28-41)55-33-35-29-36(34-55)31-40(55)30-35)51-21-10-18-48-54(51)59-52-22-8-5-16-46(52)56(48)45-15-4-7-20-50(45)58-49-19-6-3-13-43(49)44-14-9-17-47(56)53(44)58/h1-28,32,35-36,40H,29-31,33-34H2. The van der Waals surface area contributed by atoms with Gasteiger partial charge in [-0.15, -0.1) is 0 Å². The highest BCUT2D eigenvalue weighted by atomic mass is 32.2. The van der Waals surface area contributed by atoms with Crippen molar-refractivity contribution in [3.8, 4) is 5.69 Å². The summed E-state index contributed by atoms with van der Waals surface area (Å²) in [6, 6.07) is 67.3. The van der Waals surface area contributed by atoms with Crippen LogP contribution >= 0.6 is 11.8 Å². The lowest BCUT2D eigenvalue weighted by Crippen LogP contribution is -2.38. The molecule has 59 heavy (non-hydrogen) atoms. The number of anilines is 3. The van der Waals surface area contributed by atoms with Crippen molar-refractivity contribution in [2.24, 2.45) is 17.8 Å². The Kier molecular flexibility index (Phi) is 6.57. The van der Waals surface area contributed by atoms with Crippen molar-refractivity contribution in [2.45, 2.75) is 52.7 Å². The van der Waals surface area contributed by atoms with Crippen molar-refractivity contribution in [2.75, 3.05) is 4.90 Å². The first kappa shape index (κ1) is 32.9. The zero-order chi connectivity index (χ0) is 38.5. The Morgan fingerprint density at radius 2 is 1.20 bits per heavy atom. The van der Waals surface area contributed by atoms with E-state index in [2.05, 4.69) is 185 Å². The number of aromatic nitrogens is 1. The number of benzene rings is 8. The molecular formula is C56H42N2S. The third-order valence-electron chi connectivity index (χ3n) is 15.5. The van der Waals surface area contributed by atoms with Gasteiger partial charge < -0.3 is 9.47 Å². The minimum atomic E-state index is -0.535. The van der Waals surface area contributed by atoms with Crippen molar-refractivity contribution in [3.05, 3.63) is 204 Å². The highest BCUT2D eigenvalue weighted by molar-refractivity contribution is 7.99. The quantitative estimate of drug-likeness (QED) is 0.176. The van der Waals surface area contributed by atoms with Crippen LogP contribution in [0.4, 0.5) is 17.1 Å². The summed E-state index contributed by atoms with van der Waals surface area (Å²) >= 11 is 1.94. The summed E-state index contributed by atoms with van der Waals surface area (Å²) in [6.45, 7) is 0. The van der Waals surface area contributed by atoms with Gasteiger partial charge in [0.1, 0.15) is 0 Å². The van der Waals surface area contributed by atoms with E-state index in [1.807, 2.05) is 11.8 Å². The molecule has 2 nitrogen and oxygen atoms in total. The van der Waals surface area contributed by atoms with E-state index in [9.17, 15) is 0 Å². The Balaban J connectivity index is 1.04. The fourth-order valence-electron chi connectivity index (χ4n) is 13.5. The Morgan fingerprint density at radius 3 is 2.08 bits per heavy atom. The summed E-state index contributed by atoms with van der Waals surface area (Å²) in [4.78, 5) is 5.18. The average Bonchev–Trinajstić information content (AvgIpc) is 3.86. The first-order valence-corrected chi connectivity index (χ1v) is 22.4. The molecule has 0 saturated heterocycles. The molecule has 1 spiro atoms. The molecule has 9 aromatic rings. The van der Waals surface area contributed by atoms with Crippen LogP contribution in [0.2, 0.25) is 0 Å². The molecule has 15 rings (SSSR count). The Labute approximate surface area is 349 Å². The normalized spacial score (nSPS) is 24.2. The average molecular weight is 775 g/mol. The minimum absolute atomic E-state index is 0.385. The molecule has 6 aliphatic rings. The summed E-state index contributed by atoms with van der Waals surface area (Å²) in [5, 5.41) is 5.12. The molecule has 0 radical (unpaired) electrons. The van der Waals surface area contributed by atoms with Gasteiger partial charge in [0.25, 0.3) is 0 Å². The molecule has 3 atom stereocenters. The zero-order valence-electron chi connectivity index (χ0n) is 32.8. The third-order valence-corrected chi connectivity index (χ3v) is 16.7. The number of hydrogen-bond donors (Lipinski definition) is 0. The lowest BCUT2D eigenvalue weighted by molar-refractivity contribution is 0.266.